The normalized spacial score (nSPS) is 31.0. The largest absolute Gasteiger partial charge is 0.347 e. The van der Waals surface area contributed by atoms with Crippen molar-refractivity contribution in [2.75, 3.05) is 19.7 Å². The van der Waals surface area contributed by atoms with Crippen molar-refractivity contribution >= 4 is 0 Å². The van der Waals surface area contributed by atoms with E-state index in [2.05, 4.69) is 53.4 Å². The minimum atomic E-state index is -0.260. The molecule has 0 radical (unpaired) electrons. The molecule has 1 saturated carbocycles. The second-order valence-corrected chi connectivity index (χ2v) is 9.83. The summed E-state index contributed by atoms with van der Waals surface area (Å²) in [5.74, 6) is 1.32. The van der Waals surface area contributed by atoms with Crippen LogP contribution in [0, 0.1) is 17.3 Å². The molecule has 2 aliphatic rings. The van der Waals surface area contributed by atoms with Gasteiger partial charge in [0.25, 0.3) is 0 Å². The van der Waals surface area contributed by atoms with E-state index < -0.39 is 0 Å². The van der Waals surface area contributed by atoms with Crippen LogP contribution >= 0.6 is 0 Å². The number of hydrogen-bond donors (Lipinski definition) is 0. The van der Waals surface area contributed by atoms with E-state index in [-0.39, 0.29) is 11.9 Å². The maximum absolute atomic E-state index is 6.46. The third kappa shape index (κ3) is 5.68. The minimum Gasteiger partial charge on any atom is -0.347 e. The quantitative estimate of drug-likeness (QED) is 0.576. The molecule has 25 heavy (non-hydrogen) atoms. The van der Waals surface area contributed by atoms with Gasteiger partial charge in [0.05, 0.1) is 12.7 Å². The van der Waals surface area contributed by atoms with E-state index in [0.717, 1.165) is 50.8 Å². The Morgan fingerprint density at radius 3 is 2.28 bits per heavy atom. The first-order valence-corrected chi connectivity index (χ1v) is 10.7. The van der Waals surface area contributed by atoms with E-state index in [9.17, 15) is 0 Å². The van der Waals surface area contributed by atoms with Crippen LogP contribution in [0.2, 0.25) is 0 Å². The molecule has 1 heterocycles. The van der Waals surface area contributed by atoms with Gasteiger partial charge in [0, 0.05) is 25.4 Å². The molecule has 0 aromatic heterocycles. The lowest BCUT2D eigenvalue weighted by molar-refractivity contribution is -0.198. The lowest BCUT2D eigenvalue weighted by Crippen LogP contribution is -2.40. The van der Waals surface area contributed by atoms with E-state index in [1.54, 1.807) is 0 Å². The maximum Gasteiger partial charge on any atom is 0.168 e. The summed E-state index contributed by atoms with van der Waals surface area (Å²) in [6, 6.07) is 0.611. The van der Waals surface area contributed by atoms with Crippen LogP contribution in [0.15, 0.2) is 0 Å². The zero-order valence-electron chi connectivity index (χ0n) is 17.9. The molecule has 1 atom stereocenters. The Morgan fingerprint density at radius 1 is 1.12 bits per heavy atom. The summed E-state index contributed by atoms with van der Waals surface area (Å²) in [4.78, 5) is 2.51. The molecule has 0 bridgehead atoms. The van der Waals surface area contributed by atoms with Crippen molar-refractivity contribution in [1.82, 2.24) is 4.90 Å². The van der Waals surface area contributed by atoms with Crippen LogP contribution in [0.25, 0.3) is 0 Å². The molecule has 1 aliphatic carbocycles. The molecule has 2 rings (SSSR count). The smallest absolute Gasteiger partial charge is 0.168 e. The van der Waals surface area contributed by atoms with Crippen molar-refractivity contribution in [2.45, 2.75) is 105 Å². The molecule has 1 spiro atoms. The Labute approximate surface area is 156 Å². The summed E-state index contributed by atoms with van der Waals surface area (Å²) < 4.78 is 12.7. The van der Waals surface area contributed by atoms with E-state index in [0.29, 0.717) is 11.5 Å². The summed E-state index contributed by atoms with van der Waals surface area (Å²) >= 11 is 0. The van der Waals surface area contributed by atoms with Crippen LogP contribution in [-0.2, 0) is 9.47 Å². The molecule has 1 unspecified atom stereocenters. The molecule has 1 saturated heterocycles. The van der Waals surface area contributed by atoms with Gasteiger partial charge < -0.3 is 14.4 Å². The molecule has 148 valence electrons. The van der Waals surface area contributed by atoms with Crippen LogP contribution in [0.5, 0.6) is 0 Å². The highest BCUT2D eigenvalue weighted by atomic mass is 16.7. The van der Waals surface area contributed by atoms with E-state index in [4.69, 9.17) is 9.47 Å². The lowest BCUT2D eigenvalue weighted by atomic mass is 9.66. The second kappa shape index (κ2) is 8.71. The van der Waals surface area contributed by atoms with Gasteiger partial charge in [0.15, 0.2) is 5.79 Å². The fourth-order valence-corrected chi connectivity index (χ4v) is 5.17. The highest BCUT2D eigenvalue weighted by molar-refractivity contribution is 4.90. The van der Waals surface area contributed by atoms with Crippen LogP contribution in [0.3, 0.4) is 0 Å². The van der Waals surface area contributed by atoms with E-state index >= 15 is 0 Å². The molecule has 3 heteroatoms. The number of rotatable bonds is 8. The monoisotopic (exact) mass is 353 g/mol. The highest BCUT2D eigenvalue weighted by Crippen LogP contribution is 2.48. The Kier molecular flexibility index (Phi) is 7.38. The van der Waals surface area contributed by atoms with E-state index in [1.165, 1.54) is 19.3 Å². The van der Waals surface area contributed by atoms with Crippen molar-refractivity contribution < 1.29 is 9.47 Å². The standard InChI is InChI=1S/C22H43NO2/c1-8-23(18(4)5)14-11-20-16-24-22(25-20)12-9-19(10-13-22)21(6,7)15-17(2)3/h17-20H,8-16H2,1-7H3. The molecule has 0 amide bonds. The van der Waals surface area contributed by atoms with Gasteiger partial charge in [0.2, 0.25) is 0 Å². The molecule has 2 fully saturated rings. The van der Waals surface area contributed by atoms with Gasteiger partial charge in [-0.25, -0.2) is 0 Å². The third-order valence-corrected chi connectivity index (χ3v) is 6.58. The van der Waals surface area contributed by atoms with Crippen LogP contribution in [-0.4, -0.2) is 42.5 Å². The Morgan fingerprint density at radius 2 is 1.76 bits per heavy atom. The maximum atomic E-state index is 6.46. The van der Waals surface area contributed by atoms with Crippen molar-refractivity contribution in [1.29, 1.82) is 0 Å². The van der Waals surface area contributed by atoms with Crippen molar-refractivity contribution in [3.8, 4) is 0 Å². The van der Waals surface area contributed by atoms with Gasteiger partial charge in [-0.15, -0.1) is 0 Å². The predicted octanol–water partition coefficient (Wildman–Crippen LogP) is 5.48. The van der Waals surface area contributed by atoms with Gasteiger partial charge in [-0.3, -0.25) is 0 Å². The number of nitrogens with zero attached hydrogens (tertiary/aromatic N) is 1. The molecule has 1 aliphatic heterocycles. The SMILES string of the molecule is CCN(CCC1COC2(CCC(C(C)(C)CC(C)C)CC2)O1)C(C)C. The lowest BCUT2D eigenvalue weighted by Gasteiger charge is -2.43. The number of hydrogen-bond acceptors (Lipinski definition) is 3. The highest BCUT2D eigenvalue weighted by Gasteiger charge is 2.46. The van der Waals surface area contributed by atoms with Gasteiger partial charge >= 0.3 is 0 Å². The van der Waals surface area contributed by atoms with Crippen LogP contribution in [0.1, 0.15) is 87.0 Å². The van der Waals surface area contributed by atoms with Gasteiger partial charge in [-0.05, 0) is 63.3 Å². The van der Waals surface area contributed by atoms with E-state index in [1.807, 2.05) is 0 Å². The second-order valence-electron chi connectivity index (χ2n) is 9.83. The van der Waals surface area contributed by atoms with Crippen molar-refractivity contribution in [3.05, 3.63) is 0 Å². The summed E-state index contributed by atoms with van der Waals surface area (Å²) in [7, 11) is 0. The number of ether oxygens (including phenoxy) is 2. The van der Waals surface area contributed by atoms with Gasteiger partial charge in [0.1, 0.15) is 0 Å². The topological polar surface area (TPSA) is 21.7 Å². The first-order chi connectivity index (χ1) is 11.7. The van der Waals surface area contributed by atoms with Crippen LogP contribution < -0.4 is 0 Å². The Hall–Kier alpha value is -0.120. The minimum absolute atomic E-state index is 0.260. The summed E-state index contributed by atoms with van der Waals surface area (Å²) in [5, 5.41) is 0. The summed E-state index contributed by atoms with van der Waals surface area (Å²) in [6.45, 7) is 19.4. The summed E-state index contributed by atoms with van der Waals surface area (Å²) in [6.07, 6.45) is 7.36. The first kappa shape index (κ1) is 21.2. The first-order valence-electron chi connectivity index (χ1n) is 10.7. The fraction of sp³-hybridized carbons (Fsp3) is 1.00. The Bertz CT molecular complexity index is 397. The van der Waals surface area contributed by atoms with Gasteiger partial charge in [-0.2, -0.15) is 0 Å². The molecule has 0 N–H and O–H groups in total. The molecule has 0 aromatic rings. The zero-order valence-corrected chi connectivity index (χ0v) is 17.9. The third-order valence-electron chi connectivity index (χ3n) is 6.58. The van der Waals surface area contributed by atoms with Crippen molar-refractivity contribution in [2.24, 2.45) is 17.3 Å². The fourth-order valence-electron chi connectivity index (χ4n) is 5.17. The molecular weight excluding hydrogens is 310 g/mol. The molecular formula is C22H43NO2. The zero-order chi connectivity index (χ0) is 18.7. The van der Waals surface area contributed by atoms with Crippen LogP contribution in [0.4, 0.5) is 0 Å². The van der Waals surface area contributed by atoms with Gasteiger partial charge in [-0.1, -0.05) is 34.6 Å². The van der Waals surface area contributed by atoms with Crippen molar-refractivity contribution in [3.63, 3.8) is 0 Å². The molecule has 0 aromatic carbocycles. The average Bonchev–Trinajstić information content (AvgIpc) is 2.89. The molecule has 3 nitrogen and oxygen atoms in total. The Balaban J connectivity index is 1.80. The summed E-state index contributed by atoms with van der Waals surface area (Å²) in [5.41, 5.74) is 0.437. The average molecular weight is 354 g/mol. The predicted molar refractivity (Wildman–Crippen MR) is 106 cm³/mol.